The second-order valence-corrected chi connectivity index (χ2v) is 7.50. The van der Waals surface area contributed by atoms with Crippen molar-refractivity contribution >= 4 is 22.5 Å². The van der Waals surface area contributed by atoms with Crippen LogP contribution in [0.4, 0.5) is 0 Å². The summed E-state index contributed by atoms with van der Waals surface area (Å²) in [6.45, 7) is 1.98. The third-order valence-corrected chi connectivity index (χ3v) is 5.11. The van der Waals surface area contributed by atoms with Crippen LogP contribution in [0.3, 0.4) is 0 Å². The van der Waals surface area contributed by atoms with Gasteiger partial charge < -0.3 is 4.98 Å². The van der Waals surface area contributed by atoms with Crippen LogP contribution in [0.5, 0.6) is 0 Å². The summed E-state index contributed by atoms with van der Waals surface area (Å²) in [5.41, 5.74) is 6.37. The van der Waals surface area contributed by atoms with Crippen molar-refractivity contribution < 1.29 is 0 Å². The second kappa shape index (κ2) is 7.69. The highest BCUT2D eigenvalue weighted by Gasteiger charge is 2.16. The summed E-state index contributed by atoms with van der Waals surface area (Å²) in [6.07, 6.45) is 2.35. The summed E-state index contributed by atoms with van der Waals surface area (Å²) in [7, 11) is 0. The van der Waals surface area contributed by atoms with E-state index in [0.717, 1.165) is 50.8 Å². The largest absolute Gasteiger partial charge is 0.340 e. The molecule has 0 aliphatic heterocycles. The molecule has 0 unspecified atom stereocenters. The van der Waals surface area contributed by atoms with Crippen molar-refractivity contribution in [2.24, 2.45) is 0 Å². The van der Waals surface area contributed by atoms with E-state index in [1.54, 1.807) is 12.3 Å². The van der Waals surface area contributed by atoms with E-state index < -0.39 is 0 Å². The Kier molecular flexibility index (Phi) is 4.73. The van der Waals surface area contributed by atoms with Crippen LogP contribution in [-0.4, -0.2) is 24.9 Å². The molecule has 0 bridgehead atoms. The minimum absolute atomic E-state index is 0.474. The zero-order chi connectivity index (χ0) is 20.5. The van der Waals surface area contributed by atoms with E-state index in [0.29, 0.717) is 11.6 Å². The van der Waals surface area contributed by atoms with E-state index in [1.807, 2.05) is 55.5 Å². The number of H-pyrrole nitrogens is 1. The fraction of sp³-hybridized carbons (Fsp3) is 0.0833. The van der Waals surface area contributed by atoms with Crippen molar-refractivity contribution in [3.63, 3.8) is 0 Å². The minimum Gasteiger partial charge on any atom is -0.340 e. The molecule has 30 heavy (non-hydrogen) atoms. The number of hydrogen-bond donors (Lipinski definition) is 1. The van der Waals surface area contributed by atoms with E-state index in [1.165, 1.54) is 0 Å². The number of fused-ring (bicyclic) bond motifs is 1. The van der Waals surface area contributed by atoms with Crippen LogP contribution >= 0.6 is 11.6 Å². The minimum atomic E-state index is 0.474. The molecule has 6 heteroatoms. The van der Waals surface area contributed by atoms with Gasteiger partial charge in [-0.1, -0.05) is 35.9 Å². The van der Waals surface area contributed by atoms with Crippen LogP contribution in [0.1, 0.15) is 17.2 Å². The highest BCUT2D eigenvalue weighted by Crippen LogP contribution is 2.31. The smallest absolute Gasteiger partial charge is 0.129 e. The average Bonchev–Trinajstić information content (AvgIpc) is 3.17. The highest BCUT2D eigenvalue weighted by atomic mass is 35.5. The Morgan fingerprint density at radius 1 is 0.900 bits per heavy atom. The molecule has 0 spiro atoms. The molecule has 1 aromatic carbocycles. The zero-order valence-corrected chi connectivity index (χ0v) is 17.1. The van der Waals surface area contributed by atoms with Gasteiger partial charge >= 0.3 is 0 Å². The Morgan fingerprint density at radius 2 is 1.80 bits per heavy atom. The second-order valence-electron chi connectivity index (χ2n) is 7.11. The molecule has 0 atom stereocenters. The molecule has 5 rings (SSSR count). The molecule has 0 aliphatic carbocycles. The lowest BCUT2D eigenvalue weighted by atomic mass is 10.1. The summed E-state index contributed by atoms with van der Waals surface area (Å²) in [5.74, 6) is 0.810. The molecule has 0 amide bonds. The van der Waals surface area contributed by atoms with Gasteiger partial charge in [-0.05, 0) is 49.4 Å². The van der Waals surface area contributed by atoms with Crippen LogP contribution in [0.2, 0.25) is 5.15 Å². The number of aromatic nitrogens is 5. The Labute approximate surface area is 178 Å². The number of aromatic amines is 1. The normalized spacial score (nSPS) is 11.1. The van der Waals surface area contributed by atoms with Crippen molar-refractivity contribution in [1.82, 2.24) is 24.9 Å². The van der Waals surface area contributed by atoms with Crippen molar-refractivity contribution in [3.05, 3.63) is 95.3 Å². The predicted octanol–water partition coefficient (Wildman–Crippen LogP) is 5.63. The average molecular weight is 412 g/mol. The fourth-order valence-corrected chi connectivity index (χ4v) is 3.71. The first kappa shape index (κ1) is 18.5. The van der Waals surface area contributed by atoms with Crippen LogP contribution in [0, 0.1) is 6.92 Å². The molecule has 0 aliphatic rings. The van der Waals surface area contributed by atoms with Crippen molar-refractivity contribution in [1.29, 1.82) is 0 Å². The van der Waals surface area contributed by atoms with Gasteiger partial charge in [0.15, 0.2) is 0 Å². The predicted molar refractivity (Wildman–Crippen MR) is 119 cm³/mol. The molecule has 4 aromatic heterocycles. The van der Waals surface area contributed by atoms with Gasteiger partial charge in [0.25, 0.3) is 0 Å². The fourth-order valence-electron chi connectivity index (χ4n) is 3.53. The Morgan fingerprint density at radius 3 is 2.67 bits per heavy atom. The first-order valence-electron chi connectivity index (χ1n) is 9.65. The van der Waals surface area contributed by atoms with Crippen LogP contribution in [0.15, 0.2) is 72.9 Å². The van der Waals surface area contributed by atoms with E-state index in [-0.39, 0.29) is 0 Å². The molecule has 0 saturated carbocycles. The van der Waals surface area contributed by atoms with Crippen LogP contribution in [0.25, 0.3) is 33.5 Å². The van der Waals surface area contributed by atoms with Gasteiger partial charge in [0, 0.05) is 35.0 Å². The zero-order valence-electron chi connectivity index (χ0n) is 16.3. The van der Waals surface area contributed by atoms with Gasteiger partial charge in [-0.25, -0.2) is 9.97 Å². The van der Waals surface area contributed by atoms with E-state index in [9.17, 15) is 0 Å². The van der Waals surface area contributed by atoms with Crippen molar-refractivity contribution in [2.45, 2.75) is 13.3 Å². The molecule has 5 nitrogen and oxygen atoms in total. The number of nitrogens with zero attached hydrogens (tertiary/aromatic N) is 4. The molecule has 0 radical (unpaired) electrons. The van der Waals surface area contributed by atoms with Gasteiger partial charge in [0.1, 0.15) is 11.0 Å². The van der Waals surface area contributed by atoms with Crippen LogP contribution < -0.4 is 0 Å². The van der Waals surface area contributed by atoms with Gasteiger partial charge in [0.2, 0.25) is 0 Å². The molecule has 0 saturated heterocycles. The lowest BCUT2D eigenvalue weighted by Gasteiger charge is -2.05. The standard InChI is InChI=1S/C24H18ClN5/c1-15-5-2-8-20(27-15)24-23(17-10-11-19-16(13-17)6-4-12-26-19)29-22(30-24)14-18-7-3-9-21(25)28-18/h2-13H,14H2,1H3,(H,29,30). The molecule has 5 aromatic rings. The molecular formula is C24H18ClN5. The number of halogens is 1. The third kappa shape index (κ3) is 3.67. The van der Waals surface area contributed by atoms with Gasteiger partial charge in [-0.3, -0.25) is 9.97 Å². The number of rotatable bonds is 4. The van der Waals surface area contributed by atoms with E-state index in [4.69, 9.17) is 21.6 Å². The Balaban J connectivity index is 1.64. The van der Waals surface area contributed by atoms with Crippen molar-refractivity contribution in [2.75, 3.05) is 0 Å². The summed E-state index contributed by atoms with van der Waals surface area (Å²) in [4.78, 5) is 21.9. The van der Waals surface area contributed by atoms with Gasteiger partial charge in [0.05, 0.1) is 22.6 Å². The summed E-state index contributed by atoms with van der Waals surface area (Å²) >= 11 is 6.05. The topological polar surface area (TPSA) is 67.3 Å². The Hall–Kier alpha value is -3.57. The number of benzene rings is 1. The number of hydrogen-bond acceptors (Lipinski definition) is 4. The maximum absolute atomic E-state index is 6.05. The van der Waals surface area contributed by atoms with Gasteiger partial charge in [-0.15, -0.1) is 0 Å². The number of nitrogens with one attached hydrogen (secondary N) is 1. The Bertz CT molecular complexity index is 1360. The quantitative estimate of drug-likeness (QED) is 0.389. The molecule has 4 heterocycles. The maximum Gasteiger partial charge on any atom is 0.129 e. The SMILES string of the molecule is Cc1cccc(-c2[nH]c(Cc3cccc(Cl)n3)nc2-c2ccc3ncccc3c2)n1. The molecule has 146 valence electrons. The summed E-state index contributed by atoms with van der Waals surface area (Å²) in [6, 6.07) is 21.8. The highest BCUT2D eigenvalue weighted by molar-refractivity contribution is 6.29. The molecule has 0 fully saturated rings. The lowest BCUT2D eigenvalue weighted by Crippen LogP contribution is -1.94. The summed E-state index contributed by atoms with van der Waals surface area (Å²) in [5, 5.41) is 1.54. The molecular weight excluding hydrogens is 394 g/mol. The number of imidazole rings is 1. The monoisotopic (exact) mass is 411 g/mol. The number of pyridine rings is 3. The van der Waals surface area contributed by atoms with E-state index >= 15 is 0 Å². The number of aryl methyl sites for hydroxylation is 1. The third-order valence-electron chi connectivity index (χ3n) is 4.90. The first-order chi connectivity index (χ1) is 14.7. The lowest BCUT2D eigenvalue weighted by molar-refractivity contribution is 0.977. The van der Waals surface area contributed by atoms with Crippen molar-refractivity contribution in [3.8, 4) is 22.6 Å². The summed E-state index contributed by atoms with van der Waals surface area (Å²) < 4.78 is 0. The van der Waals surface area contributed by atoms with Gasteiger partial charge in [-0.2, -0.15) is 0 Å². The van der Waals surface area contributed by atoms with E-state index in [2.05, 4.69) is 27.1 Å². The first-order valence-corrected chi connectivity index (χ1v) is 10.0. The van der Waals surface area contributed by atoms with Crippen LogP contribution in [-0.2, 0) is 6.42 Å². The molecule has 1 N–H and O–H groups in total. The maximum atomic E-state index is 6.05.